The highest BCUT2D eigenvalue weighted by atomic mass is 16.6. The number of carboxylic acid groups (broad SMARTS) is 1. The molecule has 0 bridgehead atoms. The van der Waals surface area contributed by atoms with Crippen LogP contribution < -0.4 is 0 Å². The molecule has 1 atom stereocenters. The quantitative estimate of drug-likeness (QED) is 0.274. The summed E-state index contributed by atoms with van der Waals surface area (Å²) in [5.74, 6) is -2.13. The molecule has 2 N–H and O–H groups in total. The van der Waals surface area contributed by atoms with E-state index in [1.54, 1.807) is 0 Å². The maximum Gasteiger partial charge on any atom is 0.336 e. The van der Waals surface area contributed by atoms with Crippen LogP contribution >= 0.6 is 0 Å². The summed E-state index contributed by atoms with van der Waals surface area (Å²) < 4.78 is 4.30. The minimum Gasteiger partial charge on any atom is -0.481 e. The summed E-state index contributed by atoms with van der Waals surface area (Å²) in [6, 6.07) is 0. The lowest BCUT2D eigenvalue weighted by atomic mass is 10.2. The Bertz CT molecular complexity index is 243. The molecule has 5 heteroatoms. The van der Waals surface area contributed by atoms with E-state index >= 15 is 0 Å². The van der Waals surface area contributed by atoms with Gasteiger partial charge in [-0.2, -0.15) is 0 Å². The van der Waals surface area contributed by atoms with Crippen LogP contribution in [0.25, 0.3) is 0 Å². The molecule has 0 fully saturated rings. The standard InChI is InChI=1S/C8H10O5/c1-3-7(11)13-8(12)5(2)4-6(9)10/h3,7,11H,1-2,4H2,(H,9,10). The fourth-order valence-electron chi connectivity index (χ4n) is 0.496. The van der Waals surface area contributed by atoms with Crippen molar-refractivity contribution in [1.82, 2.24) is 0 Å². The van der Waals surface area contributed by atoms with E-state index in [1.807, 2.05) is 0 Å². The highest BCUT2D eigenvalue weighted by Gasteiger charge is 2.14. The van der Waals surface area contributed by atoms with Gasteiger partial charge in [-0.3, -0.25) is 4.79 Å². The summed E-state index contributed by atoms with van der Waals surface area (Å²) >= 11 is 0. The number of rotatable bonds is 5. The van der Waals surface area contributed by atoms with Gasteiger partial charge in [-0.05, 0) is 6.08 Å². The lowest BCUT2D eigenvalue weighted by molar-refractivity contribution is -0.157. The molecule has 0 aromatic heterocycles. The Balaban J connectivity index is 4.04. The topological polar surface area (TPSA) is 83.8 Å². The van der Waals surface area contributed by atoms with Gasteiger partial charge in [0.25, 0.3) is 0 Å². The molecule has 0 aliphatic heterocycles. The lowest BCUT2D eigenvalue weighted by Crippen LogP contribution is -2.17. The number of carbonyl (C=O) groups excluding carboxylic acids is 1. The summed E-state index contributed by atoms with van der Waals surface area (Å²) in [4.78, 5) is 21.0. The van der Waals surface area contributed by atoms with Crippen molar-refractivity contribution < 1.29 is 24.5 Å². The van der Waals surface area contributed by atoms with Gasteiger partial charge >= 0.3 is 11.9 Å². The Morgan fingerprint density at radius 3 is 2.46 bits per heavy atom. The van der Waals surface area contributed by atoms with E-state index in [4.69, 9.17) is 10.2 Å². The van der Waals surface area contributed by atoms with Gasteiger partial charge in [0.2, 0.25) is 6.29 Å². The predicted molar refractivity (Wildman–Crippen MR) is 43.7 cm³/mol. The van der Waals surface area contributed by atoms with Gasteiger partial charge in [0.1, 0.15) is 0 Å². The molecule has 0 saturated heterocycles. The molecule has 0 aliphatic rings. The number of aliphatic hydroxyl groups is 1. The van der Waals surface area contributed by atoms with Crippen LogP contribution in [0.3, 0.4) is 0 Å². The van der Waals surface area contributed by atoms with Crippen LogP contribution in [0.1, 0.15) is 6.42 Å². The van der Waals surface area contributed by atoms with Gasteiger partial charge in [-0.25, -0.2) is 4.79 Å². The van der Waals surface area contributed by atoms with Crippen molar-refractivity contribution in [3.05, 3.63) is 24.8 Å². The number of carboxylic acids is 1. The van der Waals surface area contributed by atoms with Crippen molar-refractivity contribution in [1.29, 1.82) is 0 Å². The van der Waals surface area contributed by atoms with Crippen LogP contribution in [0.5, 0.6) is 0 Å². The molecule has 0 heterocycles. The van der Waals surface area contributed by atoms with Crippen LogP contribution in [-0.2, 0) is 14.3 Å². The third kappa shape index (κ3) is 4.76. The van der Waals surface area contributed by atoms with Crippen molar-refractivity contribution in [2.75, 3.05) is 0 Å². The first-order chi connectivity index (χ1) is 5.97. The Morgan fingerprint density at radius 2 is 2.08 bits per heavy atom. The van der Waals surface area contributed by atoms with Crippen LogP contribution in [-0.4, -0.2) is 28.4 Å². The maximum absolute atomic E-state index is 10.9. The minimum absolute atomic E-state index is 0.228. The van der Waals surface area contributed by atoms with Gasteiger partial charge in [-0.1, -0.05) is 13.2 Å². The Labute approximate surface area is 74.9 Å². The van der Waals surface area contributed by atoms with E-state index < -0.39 is 24.6 Å². The molecule has 1 unspecified atom stereocenters. The summed E-state index contributed by atoms with van der Waals surface area (Å²) in [6.45, 7) is 6.34. The third-order valence-electron chi connectivity index (χ3n) is 1.08. The molecule has 72 valence electrons. The van der Waals surface area contributed by atoms with E-state index in [-0.39, 0.29) is 5.57 Å². The van der Waals surface area contributed by atoms with Gasteiger partial charge in [0.15, 0.2) is 0 Å². The van der Waals surface area contributed by atoms with Crippen LogP contribution in [0.15, 0.2) is 24.8 Å². The summed E-state index contributed by atoms with van der Waals surface area (Å²) in [6.07, 6.45) is -0.952. The number of aliphatic carboxylic acids is 1. The van der Waals surface area contributed by atoms with Crippen LogP contribution in [0, 0.1) is 0 Å². The zero-order valence-corrected chi connectivity index (χ0v) is 6.90. The monoisotopic (exact) mass is 186 g/mol. The molecular formula is C8H10O5. The molecule has 0 radical (unpaired) electrons. The second kappa shape index (κ2) is 5.10. The number of hydrogen-bond acceptors (Lipinski definition) is 4. The average Bonchev–Trinajstić information content (AvgIpc) is 2.02. The molecule has 0 amide bonds. The fraction of sp³-hybridized carbons (Fsp3) is 0.250. The van der Waals surface area contributed by atoms with E-state index in [2.05, 4.69) is 17.9 Å². The molecule has 0 aromatic rings. The molecule has 13 heavy (non-hydrogen) atoms. The molecule has 5 nitrogen and oxygen atoms in total. The third-order valence-corrected chi connectivity index (χ3v) is 1.08. The molecule has 0 rings (SSSR count). The molecule has 0 saturated carbocycles. The largest absolute Gasteiger partial charge is 0.481 e. The lowest BCUT2D eigenvalue weighted by Gasteiger charge is -2.07. The maximum atomic E-state index is 10.9. The first-order valence-corrected chi connectivity index (χ1v) is 3.38. The zero-order valence-electron chi connectivity index (χ0n) is 6.90. The summed E-state index contributed by atoms with van der Waals surface area (Å²) in [7, 11) is 0. The first-order valence-electron chi connectivity index (χ1n) is 3.38. The van der Waals surface area contributed by atoms with E-state index in [9.17, 15) is 9.59 Å². The van der Waals surface area contributed by atoms with E-state index in [0.717, 1.165) is 6.08 Å². The second-order valence-corrected chi connectivity index (χ2v) is 2.21. The minimum atomic E-state index is -1.43. The SMILES string of the molecule is C=CC(O)OC(=O)C(=C)CC(=O)O. The Morgan fingerprint density at radius 1 is 1.54 bits per heavy atom. The number of aliphatic hydroxyl groups excluding tert-OH is 1. The summed E-state index contributed by atoms with van der Waals surface area (Å²) in [5.41, 5.74) is -0.228. The first kappa shape index (κ1) is 11.4. The van der Waals surface area contributed by atoms with Gasteiger partial charge in [0.05, 0.1) is 6.42 Å². The number of esters is 1. The van der Waals surface area contributed by atoms with E-state index in [1.165, 1.54) is 0 Å². The Hall–Kier alpha value is -1.62. The molecule has 0 aliphatic carbocycles. The molecule has 0 aromatic carbocycles. The van der Waals surface area contributed by atoms with Crippen molar-refractivity contribution in [3.63, 3.8) is 0 Å². The summed E-state index contributed by atoms with van der Waals surface area (Å²) in [5, 5.41) is 17.0. The highest BCUT2D eigenvalue weighted by molar-refractivity contribution is 5.92. The van der Waals surface area contributed by atoms with Crippen molar-refractivity contribution in [2.24, 2.45) is 0 Å². The smallest absolute Gasteiger partial charge is 0.336 e. The van der Waals surface area contributed by atoms with Crippen molar-refractivity contribution >= 4 is 11.9 Å². The van der Waals surface area contributed by atoms with Gasteiger partial charge < -0.3 is 14.9 Å². The average molecular weight is 186 g/mol. The van der Waals surface area contributed by atoms with Crippen molar-refractivity contribution in [2.45, 2.75) is 12.7 Å². The number of ether oxygens (including phenoxy) is 1. The highest BCUT2D eigenvalue weighted by Crippen LogP contribution is 2.02. The van der Waals surface area contributed by atoms with Crippen LogP contribution in [0.2, 0.25) is 0 Å². The van der Waals surface area contributed by atoms with Gasteiger partial charge in [-0.15, -0.1) is 0 Å². The number of hydrogen-bond donors (Lipinski definition) is 2. The van der Waals surface area contributed by atoms with Crippen molar-refractivity contribution in [3.8, 4) is 0 Å². The normalized spacial score (nSPS) is 11.5. The predicted octanol–water partition coefficient (Wildman–Crippen LogP) is 0.0649. The fourth-order valence-corrected chi connectivity index (χ4v) is 0.496. The molecular weight excluding hydrogens is 176 g/mol. The molecule has 0 spiro atoms. The second-order valence-electron chi connectivity index (χ2n) is 2.21. The van der Waals surface area contributed by atoms with Crippen LogP contribution in [0.4, 0.5) is 0 Å². The van der Waals surface area contributed by atoms with Gasteiger partial charge in [0, 0.05) is 5.57 Å². The number of carbonyl (C=O) groups is 2. The Kier molecular flexibility index (Phi) is 4.47. The zero-order chi connectivity index (χ0) is 10.4. The van der Waals surface area contributed by atoms with E-state index in [0.29, 0.717) is 0 Å².